The third kappa shape index (κ3) is 5.55. The second-order valence-electron chi connectivity index (χ2n) is 5.75. The van der Waals surface area contributed by atoms with Crippen molar-refractivity contribution < 1.29 is 14.4 Å². The molecule has 0 aliphatic rings. The Morgan fingerprint density at radius 3 is 2.08 bits per heavy atom. The van der Waals surface area contributed by atoms with E-state index in [0.29, 0.717) is 23.2 Å². The third-order valence-corrected chi connectivity index (χ3v) is 4.79. The van der Waals surface area contributed by atoms with Crippen molar-refractivity contribution in [1.82, 2.24) is 10.9 Å². The number of amides is 3. The molecule has 0 atom stereocenters. The first-order valence-corrected chi connectivity index (χ1v) is 9.25. The maximum absolute atomic E-state index is 12.1. The molecule has 0 bridgehead atoms. The minimum absolute atomic E-state index is 0.0651. The van der Waals surface area contributed by atoms with Gasteiger partial charge in [0.1, 0.15) is 0 Å². The maximum atomic E-state index is 12.1. The molecule has 0 aliphatic carbocycles. The van der Waals surface area contributed by atoms with Crippen LogP contribution in [0.2, 0.25) is 0 Å². The highest BCUT2D eigenvalue weighted by molar-refractivity contribution is 14.1. The van der Waals surface area contributed by atoms with E-state index in [9.17, 15) is 14.4 Å². The maximum Gasteiger partial charge on any atom is 0.269 e. The van der Waals surface area contributed by atoms with Crippen LogP contribution in [-0.2, 0) is 4.79 Å². The van der Waals surface area contributed by atoms with Crippen molar-refractivity contribution in [3.05, 3.63) is 62.7 Å². The Labute approximate surface area is 165 Å². The minimum atomic E-state index is -0.438. The van der Waals surface area contributed by atoms with Gasteiger partial charge in [-0.25, -0.2) is 0 Å². The zero-order valence-electron chi connectivity index (χ0n) is 14.6. The van der Waals surface area contributed by atoms with Crippen molar-refractivity contribution in [2.75, 3.05) is 5.32 Å². The lowest BCUT2D eigenvalue weighted by Crippen LogP contribution is -2.41. The van der Waals surface area contributed by atoms with Crippen molar-refractivity contribution in [2.45, 2.75) is 26.7 Å². The smallest absolute Gasteiger partial charge is 0.269 e. The highest BCUT2D eigenvalue weighted by Crippen LogP contribution is 2.13. The molecule has 3 amide bonds. The summed E-state index contributed by atoms with van der Waals surface area (Å²) in [5.41, 5.74) is 7.32. The van der Waals surface area contributed by atoms with Crippen LogP contribution in [0.5, 0.6) is 0 Å². The second-order valence-corrected chi connectivity index (χ2v) is 6.91. The molecule has 7 heteroatoms. The summed E-state index contributed by atoms with van der Waals surface area (Å²) >= 11 is 2.15. The summed E-state index contributed by atoms with van der Waals surface area (Å²) in [5.74, 6) is -0.893. The summed E-state index contributed by atoms with van der Waals surface area (Å²) in [5, 5.41) is 2.75. The number of halogens is 1. The molecule has 6 nitrogen and oxygen atoms in total. The molecule has 136 valence electrons. The van der Waals surface area contributed by atoms with Crippen LogP contribution in [0.25, 0.3) is 0 Å². The number of rotatable bonds is 5. The lowest BCUT2D eigenvalue weighted by atomic mass is 10.1. The van der Waals surface area contributed by atoms with Crippen LogP contribution in [0, 0.1) is 10.5 Å². The molecule has 0 aromatic heterocycles. The summed E-state index contributed by atoms with van der Waals surface area (Å²) in [7, 11) is 0. The van der Waals surface area contributed by atoms with Crippen molar-refractivity contribution in [3.63, 3.8) is 0 Å². The number of carbonyl (C=O) groups excluding carboxylic acids is 3. The van der Waals surface area contributed by atoms with Gasteiger partial charge in [-0.1, -0.05) is 13.0 Å². The lowest BCUT2D eigenvalue weighted by molar-refractivity contribution is -0.116. The van der Waals surface area contributed by atoms with Gasteiger partial charge in [0, 0.05) is 26.8 Å². The molecule has 26 heavy (non-hydrogen) atoms. The van der Waals surface area contributed by atoms with Crippen molar-refractivity contribution in [2.24, 2.45) is 0 Å². The molecule has 2 aromatic carbocycles. The Morgan fingerprint density at radius 1 is 0.923 bits per heavy atom. The number of aryl methyl sites for hydroxylation is 1. The standard InChI is InChI=1S/C19H20IN3O3/c1-3-4-17(24)21-15-9-7-13(8-10-15)18(25)22-23-19(26)14-6-5-12(2)16(20)11-14/h5-11H,3-4H2,1-2H3,(H,21,24)(H,22,25)(H,23,26). The predicted octanol–water partition coefficient (Wildman–Crippen LogP) is 3.41. The largest absolute Gasteiger partial charge is 0.326 e. The Hall–Kier alpha value is -2.42. The number of hydrogen-bond donors (Lipinski definition) is 3. The Kier molecular flexibility index (Phi) is 7.14. The number of hydrazine groups is 1. The normalized spacial score (nSPS) is 10.1. The molecule has 2 aromatic rings. The van der Waals surface area contributed by atoms with E-state index in [0.717, 1.165) is 15.6 Å². The number of hydrogen-bond acceptors (Lipinski definition) is 3. The first-order valence-electron chi connectivity index (χ1n) is 8.17. The average Bonchev–Trinajstić information content (AvgIpc) is 2.62. The summed E-state index contributed by atoms with van der Waals surface area (Å²) in [6.45, 7) is 3.89. The average molecular weight is 465 g/mol. The fourth-order valence-electron chi connectivity index (χ4n) is 2.15. The quantitative estimate of drug-likeness (QED) is 0.467. The number of anilines is 1. The highest BCUT2D eigenvalue weighted by Gasteiger charge is 2.10. The zero-order valence-corrected chi connectivity index (χ0v) is 16.7. The summed E-state index contributed by atoms with van der Waals surface area (Å²) < 4.78 is 0.974. The van der Waals surface area contributed by atoms with Gasteiger partial charge in [-0.2, -0.15) is 0 Å². The zero-order chi connectivity index (χ0) is 19.1. The van der Waals surface area contributed by atoms with Gasteiger partial charge < -0.3 is 5.32 Å². The van der Waals surface area contributed by atoms with Gasteiger partial charge in [-0.15, -0.1) is 0 Å². The summed E-state index contributed by atoms with van der Waals surface area (Å²) in [6, 6.07) is 11.8. The second kappa shape index (κ2) is 9.33. The summed E-state index contributed by atoms with van der Waals surface area (Å²) in [4.78, 5) is 35.8. The molecular weight excluding hydrogens is 445 g/mol. The van der Waals surface area contributed by atoms with Crippen molar-refractivity contribution >= 4 is 46.0 Å². The fourth-order valence-corrected chi connectivity index (χ4v) is 2.66. The fraction of sp³-hybridized carbons (Fsp3) is 0.211. The SMILES string of the molecule is CCCC(=O)Nc1ccc(C(=O)NNC(=O)c2ccc(C)c(I)c2)cc1. The van der Waals surface area contributed by atoms with E-state index in [1.165, 1.54) is 0 Å². The molecule has 0 saturated heterocycles. The Bertz CT molecular complexity index is 819. The molecule has 3 N–H and O–H groups in total. The van der Waals surface area contributed by atoms with Crippen LogP contribution in [0.4, 0.5) is 5.69 Å². The molecule has 2 rings (SSSR count). The monoisotopic (exact) mass is 465 g/mol. The van der Waals surface area contributed by atoms with E-state index < -0.39 is 5.91 Å². The van der Waals surface area contributed by atoms with E-state index in [2.05, 4.69) is 38.8 Å². The van der Waals surface area contributed by atoms with Crippen LogP contribution >= 0.6 is 22.6 Å². The van der Waals surface area contributed by atoms with Gasteiger partial charge in [0.15, 0.2) is 0 Å². The predicted molar refractivity (Wildman–Crippen MR) is 109 cm³/mol. The number of nitrogens with one attached hydrogen (secondary N) is 3. The van der Waals surface area contributed by atoms with E-state index >= 15 is 0 Å². The van der Waals surface area contributed by atoms with Gasteiger partial charge >= 0.3 is 0 Å². The number of carbonyl (C=O) groups is 3. The van der Waals surface area contributed by atoms with Crippen LogP contribution in [0.1, 0.15) is 46.0 Å². The summed E-state index contributed by atoms with van der Waals surface area (Å²) in [6.07, 6.45) is 1.22. The van der Waals surface area contributed by atoms with Crippen LogP contribution in [0.3, 0.4) is 0 Å². The first kappa shape index (κ1) is 19.9. The Balaban J connectivity index is 1.92. The molecule has 0 heterocycles. The van der Waals surface area contributed by atoms with Gasteiger partial charge in [0.05, 0.1) is 0 Å². The van der Waals surface area contributed by atoms with E-state index in [4.69, 9.17) is 0 Å². The van der Waals surface area contributed by atoms with Gasteiger partial charge in [0.25, 0.3) is 11.8 Å². The van der Waals surface area contributed by atoms with Crippen LogP contribution in [-0.4, -0.2) is 17.7 Å². The van der Waals surface area contributed by atoms with Crippen LogP contribution in [0.15, 0.2) is 42.5 Å². The molecule has 0 spiro atoms. The van der Waals surface area contributed by atoms with E-state index in [1.54, 1.807) is 36.4 Å². The molecule has 0 unspecified atom stereocenters. The minimum Gasteiger partial charge on any atom is -0.326 e. The van der Waals surface area contributed by atoms with E-state index in [-0.39, 0.29) is 11.8 Å². The lowest BCUT2D eigenvalue weighted by Gasteiger charge is -2.09. The molecule has 0 aliphatic heterocycles. The molecular formula is C19H20IN3O3. The molecule has 0 saturated carbocycles. The first-order chi connectivity index (χ1) is 12.4. The Morgan fingerprint density at radius 2 is 1.50 bits per heavy atom. The van der Waals surface area contributed by atoms with Gasteiger partial charge in [0.2, 0.25) is 5.91 Å². The van der Waals surface area contributed by atoms with E-state index in [1.807, 2.05) is 19.9 Å². The molecule has 0 fully saturated rings. The number of benzene rings is 2. The van der Waals surface area contributed by atoms with Gasteiger partial charge in [-0.3, -0.25) is 25.2 Å². The third-order valence-electron chi connectivity index (χ3n) is 3.63. The van der Waals surface area contributed by atoms with Crippen LogP contribution < -0.4 is 16.2 Å². The highest BCUT2D eigenvalue weighted by atomic mass is 127. The van der Waals surface area contributed by atoms with Crippen molar-refractivity contribution in [1.29, 1.82) is 0 Å². The topological polar surface area (TPSA) is 87.3 Å². The van der Waals surface area contributed by atoms with Gasteiger partial charge in [-0.05, 0) is 77.9 Å². The van der Waals surface area contributed by atoms with Crippen molar-refractivity contribution in [3.8, 4) is 0 Å². The molecule has 0 radical (unpaired) electrons.